The van der Waals surface area contributed by atoms with E-state index in [0.29, 0.717) is 0 Å². The summed E-state index contributed by atoms with van der Waals surface area (Å²) in [5.74, 6) is 0. The first-order chi connectivity index (χ1) is 3.81. The standard InChI is InChI=1S/C5H16Si2/c1-5-7(4)6(2)3/h6-7H,5H2,1-4H3/i6D,7D. The second-order valence-corrected chi connectivity index (χ2v) is 12.0. The van der Waals surface area contributed by atoms with Gasteiger partial charge in [-0.15, -0.1) is 0 Å². The smallest absolute Gasteiger partial charge is 0.0241 e. The molecule has 0 nitrogen and oxygen atoms in total. The van der Waals surface area contributed by atoms with Crippen molar-refractivity contribution in [2.45, 2.75) is 32.6 Å². The van der Waals surface area contributed by atoms with E-state index in [1.807, 2.05) is 26.6 Å². The van der Waals surface area contributed by atoms with E-state index in [2.05, 4.69) is 0 Å². The first-order valence-corrected chi connectivity index (χ1v) is 8.52. The average Bonchev–Trinajstić information content (AvgIpc) is 1.64. The predicted octanol–water partition coefficient (Wildman–Crippen LogP) is 1.43. The van der Waals surface area contributed by atoms with Crippen molar-refractivity contribution in [2.75, 3.05) is 0 Å². The highest BCUT2D eigenvalue weighted by Crippen LogP contribution is 1.94. The van der Waals surface area contributed by atoms with Crippen LogP contribution < -0.4 is 0 Å². The van der Waals surface area contributed by atoms with Gasteiger partial charge >= 0.3 is 0 Å². The van der Waals surface area contributed by atoms with E-state index in [9.17, 15) is 0 Å². The van der Waals surface area contributed by atoms with Gasteiger partial charge in [-0.2, -0.15) is 0 Å². The molecule has 0 aromatic rings. The third-order valence-electron chi connectivity index (χ3n) is 1.38. The number of hydrogen-bond acceptors (Lipinski definition) is 0. The predicted molar refractivity (Wildman–Crippen MR) is 42.4 cm³/mol. The third kappa shape index (κ3) is 3.06. The maximum Gasteiger partial charge on any atom is 0.0241 e. The summed E-state index contributed by atoms with van der Waals surface area (Å²) in [7, 11) is -3.65. The Bertz CT molecular complexity index is 95.6. The van der Waals surface area contributed by atoms with Gasteiger partial charge in [0.2, 0.25) is 0 Å². The molecule has 0 aliphatic rings. The summed E-state index contributed by atoms with van der Waals surface area (Å²) in [5.41, 5.74) is 0. The van der Waals surface area contributed by atoms with E-state index in [1.165, 1.54) is 0 Å². The van der Waals surface area contributed by atoms with Gasteiger partial charge in [0.05, 0.1) is 0 Å². The summed E-state index contributed by atoms with van der Waals surface area (Å²) >= 11 is 0. The van der Waals surface area contributed by atoms with Crippen LogP contribution in [0, 0.1) is 0 Å². The maximum absolute atomic E-state index is 7.84. The molecule has 0 N–H and O–H groups in total. The van der Waals surface area contributed by atoms with Crippen molar-refractivity contribution < 1.29 is 0 Å². The quantitative estimate of drug-likeness (QED) is 0.501. The van der Waals surface area contributed by atoms with Crippen molar-refractivity contribution in [1.82, 2.24) is 0 Å². The second-order valence-electron chi connectivity index (χ2n) is 2.13. The molecular weight excluding hydrogens is 116 g/mol. The highest BCUT2D eigenvalue weighted by Gasteiger charge is 2.04. The zero-order valence-electron chi connectivity index (χ0n) is 7.71. The molecule has 1 unspecified atom stereocenters. The summed E-state index contributed by atoms with van der Waals surface area (Å²) in [4.78, 5) is 0. The molecule has 7 heavy (non-hydrogen) atoms. The Kier molecular flexibility index (Phi) is 2.12. The van der Waals surface area contributed by atoms with Gasteiger partial charge in [-0.3, -0.25) is 0 Å². The van der Waals surface area contributed by atoms with Crippen LogP contribution in [0.2, 0.25) is 25.7 Å². The van der Waals surface area contributed by atoms with Crippen molar-refractivity contribution in [3.05, 3.63) is 0 Å². The fourth-order valence-electron chi connectivity index (χ4n) is 0.354. The van der Waals surface area contributed by atoms with Crippen LogP contribution in [0.5, 0.6) is 0 Å². The lowest BCUT2D eigenvalue weighted by Crippen LogP contribution is -2.24. The van der Waals surface area contributed by atoms with Crippen molar-refractivity contribution in [3.8, 4) is 0 Å². The van der Waals surface area contributed by atoms with Gasteiger partial charge in [-0.1, -0.05) is 32.6 Å². The molecule has 0 radical (unpaired) electrons. The topological polar surface area (TPSA) is 0 Å². The Labute approximate surface area is 52.4 Å². The number of rotatable bonds is 2. The SMILES string of the molecule is [2H][Si](C)(C)[Si]([2H])(C)CC. The Hall–Kier alpha value is 0.434. The van der Waals surface area contributed by atoms with Crippen LogP contribution in [-0.4, -0.2) is 19.0 Å². The molecular formula is C5H16Si2. The van der Waals surface area contributed by atoms with Gasteiger partial charge in [0.25, 0.3) is 0 Å². The molecule has 0 aromatic carbocycles. The lowest BCUT2D eigenvalue weighted by atomic mass is 11.0. The normalized spacial score (nSPS) is 25.1. The number of hydrogen-bond donors (Lipinski definition) is 0. The second kappa shape index (κ2) is 3.44. The van der Waals surface area contributed by atoms with E-state index >= 15 is 0 Å². The molecule has 0 aliphatic carbocycles. The van der Waals surface area contributed by atoms with Crippen LogP contribution in [0.4, 0.5) is 0 Å². The highest BCUT2D eigenvalue weighted by molar-refractivity contribution is 7.20. The molecule has 0 saturated carbocycles. The lowest BCUT2D eigenvalue weighted by Gasteiger charge is -2.07. The van der Waals surface area contributed by atoms with Gasteiger partial charge in [0.15, 0.2) is 0 Å². The fraction of sp³-hybridized carbons (Fsp3) is 1.00. The largest absolute Gasteiger partial charge is 0.0743 e. The molecule has 0 saturated heterocycles. The average molecular weight is 134 g/mol. The van der Waals surface area contributed by atoms with Crippen LogP contribution in [0.25, 0.3) is 0 Å². The van der Waals surface area contributed by atoms with Gasteiger partial charge in [0.1, 0.15) is 0 Å². The summed E-state index contributed by atoms with van der Waals surface area (Å²) < 4.78 is 15.6. The molecule has 0 heterocycles. The van der Waals surface area contributed by atoms with Crippen LogP contribution in [0.3, 0.4) is 0 Å². The van der Waals surface area contributed by atoms with Crippen LogP contribution >= 0.6 is 0 Å². The molecule has 0 aliphatic heterocycles. The molecule has 44 valence electrons. The van der Waals surface area contributed by atoms with Gasteiger partial charge in [-0.25, -0.2) is 0 Å². The Morgan fingerprint density at radius 2 is 1.86 bits per heavy atom. The van der Waals surface area contributed by atoms with E-state index in [-0.39, 0.29) is 0 Å². The minimum absolute atomic E-state index is 0.940. The Balaban J connectivity index is 4.14. The van der Waals surface area contributed by atoms with Gasteiger partial charge < -0.3 is 0 Å². The Morgan fingerprint density at radius 1 is 1.43 bits per heavy atom. The molecule has 0 fully saturated rings. The van der Waals surface area contributed by atoms with Crippen LogP contribution in [0.15, 0.2) is 0 Å². The van der Waals surface area contributed by atoms with Gasteiger partial charge in [-0.05, 0) is 0 Å². The monoisotopic (exact) mass is 134 g/mol. The molecule has 0 spiro atoms. The summed E-state index contributed by atoms with van der Waals surface area (Å²) in [5, 5.41) is 0. The molecule has 1 atom stereocenters. The minimum atomic E-state index is -1.83. The van der Waals surface area contributed by atoms with Crippen molar-refractivity contribution in [3.63, 3.8) is 0 Å². The van der Waals surface area contributed by atoms with Crippen LogP contribution in [0.1, 0.15) is 6.92 Å². The first kappa shape index (κ1) is 4.33. The van der Waals surface area contributed by atoms with E-state index in [1.54, 1.807) is 0 Å². The summed E-state index contributed by atoms with van der Waals surface area (Å²) in [6.45, 7) is 8.01. The van der Waals surface area contributed by atoms with Crippen molar-refractivity contribution in [1.29, 1.82) is 2.47 Å². The molecule has 0 amide bonds. The third-order valence-corrected chi connectivity index (χ3v) is 10.3. The fourth-order valence-corrected chi connectivity index (χ4v) is 3.18. The Morgan fingerprint density at radius 3 is 1.86 bits per heavy atom. The van der Waals surface area contributed by atoms with E-state index in [0.717, 1.165) is 6.04 Å². The molecule has 0 rings (SSSR count). The van der Waals surface area contributed by atoms with Crippen molar-refractivity contribution >= 4 is 16.5 Å². The lowest BCUT2D eigenvalue weighted by molar-refractivity contribution is 1.44. The molecule has 0 aromatic heterocycles. The zero-order chi connectivity index (χ0) is 7.71. The zero-order valence-corrected chi connectivity index (χ0v) is 7.71. The van der Waals surface area contributed by atoms with Gasteiger partial charge in [0, 0.05) is 19.0 Å². The van der Waals surface area contributed by atoms with Crippen LogP contribution in [-0.2, 0) is 0 Å². The molecule has 2 heteroatoms. The highest BCUT2D eigenvalue weighted by atomic mass is 29.2. The summed E-state index contributed by atoms with van der Waals surface area (Å²) in [6, 6.07) is 0.940. The minimum Gasteiger partial charge on any atom is -0.0743 e. The van der Waals surface area contributed by atoms with E-state index < -0.39 is 16.5 Å². The maximum atomic E-state index is 7.84. The first-order valence-electron chi connectivity index (χ1n) is 3.81. The van der Waals surface area contributed by atoms with Crippen molar-refractivity contribution in [2.24, 2.45) is 0 Å². The molecule has 0 bridgehead atoms. The summed E-state index contributed by atoms with van der Waals surface area (Å²) in [6.07, 6.45) is 0. The van der Waals surface area contributed by atoms with E-state index in [4.69, 9.17) is 2.47 Å².